The zero-order valence-corrected chi connectivity index (χ0v) is 9.74. The minimum atomic E-state index is -0.972. The molecule has 2 fully saturated rings. The highest BCUT2D eigenvalue weighted by molar-refractivity contribution is 5.74. The second kappa shape index (κ2) is 6.64. The maximum Gasteiger partial charge on any atom is 0.323 e. The summed E-state index contributed by atoms with van der Waals surface area (Å²) in [6.45, 7) is 0.595. The molecule has 8 heteroatoms. The van der Waals surface area contributed by atoms with E-state index in [1.807, 2.05) is 0 Å². The van der Waals surface area contributed by atoms with E-state index in [-0.39, 0.29) is 0 Å². The number of carboxylic acid groups (broad SMARTS) is 2. The van der Waals surface area contributed by atoms with Crippen LogP contribution in [0.4, 0.5) is 0 Å². The molecule has 6 N–H and O–H groups in total. The van der Waals surface area contributed by atoms with Gasteiger partial charge < -0.3 is 25.7 Å². The maximum absolute atomic E-state index is 10.2. The molecule has 0 aromatic carbocycles. The van der Waals surface area contributed by atoms with Crippen molar-refractivity contribution in [3.63, 3.8) is 0 Å². The van der Waals surface area contributed by atoms with Crippen molar-refractivity contribution in [2.75, 3.05) is 6.54 Å². The lowest BCUT2D eigenvalue weighted by atomic mass is 10.2. The molecule has 2 aliphatic heterocycles. The summed E-state index contributed by atoms with van der Waals surface area (Å²) in [7, 11) is 0. The Morgan fingerprint density at radius 2 is 1.67 bits per heavy atom. The molecule has 0 unspecified atom stereocenters. The number of hydrogen-bond acceptors (Lipinski definition) is 6. The standard InChI is InChI=1S/2C5H9NO3/c7-3-1-2-6-4(3)5(8)9;7-4-2-1-3(6-4)5(8)9/h2*3-4,6-7H,1-2H2,(H,8,9)/t2*3-,4+/m10/s1. The van der Waals surface area contributed by atoms with Gasteiger partial charge in [-0.1, -0.05) is 0 Å². The first-order chi connectivity index (χ1) is 8.41. The van der Waals surface area contributed by atoms with Crippen molar-refractivity contribution in [1.29, 1.82) is 0 Å². The molecular weight excluding hydrogens is 244 g/mol. The summed E-state index contributed by atoms with van der Waals surface area (Å²) in [4.78, 5) is 20.4. The molecule has 4 atom stereocenters. The summed E-state index contributed by atoms with van der Waals surface area (Å²) in [5.74, 6) is -1.86. The topological polar surface area (TPSA) is 139 Å². The van der Waals surface area contributed by atoms with Gasteiger partial charge in [0.1, 0.15) is 18.3 Å². The van der Waals surface area contributed by atoms with Gasteiger partial charge >= 0.3 is 11.9 Å². The van der Waals surface area contributed by atoms with E-state index in [9.17, 15) is 9.59 Å². The molecule has 104 valence electrons. The summed E-state index contributed by atoms with van der Waals surface area (Å²) < 4.78 is 0. The Balaban J connectivity index is 0.000000180. The molecule has 0 saturated carbocycles. The fourth-order valence-corrected chi connectivity index (χ4v) is 1.86. The van der Waals surface area contributed by atoms with Crippen molar-refractivity contribution in [2.24, 2.45) is 0 Å². The van der Waals surface area contributed by atoms with Crippen molar-refractivity contribution in [1.82, 2.24) is 10.6 Å². The number of carboxylic acids is 2. The Morgan fingerprint density at radius 3 is 1.89 bits per heavy atom. The van der Waals surface area contributed by atoms with Crippen molar-refractivity contribution in [3.8, 4) is 0 Å². The van der Waals surface area contributed by atoms with Crippen LogP contribution >= 0.6 is 0 Å². The molecule has 2 heterocycles. The Labute approximate surface area is 104 Å². The highest BCUT2D eigenvalue weighted by Crippen LogP contribution is 2.09. The summed E-state index contributed by atoms with van der Waals surface area (Å²) in [6.07, 6.45) is 0.276. The average molecular weight is 262 g/mol. The van der Waals surface area contributed by atoms with Crippen LogP contribution < -0.4 is 10.6 Å². The average Bonchev–Trinajstić information content (AvgIpc) is 2.87. The first-order valence-electron chi connectivity index (χ1n) is 5.73. The maximum atomic E-state index is 10.2. The molecule has 2 saturated heterocycles. The molecule has 2 aliphatic rings. The summed E-state index contributed by atoms with van der Waals surface area (Å²) in [5, 5.41) is 39.6. The van der Waals surface area contributed by atoms with Gasteiger partial charge in [-0.15, -0.1) is 0 Å². The number of aliphatic carboxylic acids is 2. The van der Waals surface area contributed by atoms with Gasteiger partial charge in [0.25, 0.3) is 0 Å². The number of nitrogens with one attached hydrogen (secondary N) is 2. The third kappa shape index (κ3) is 4.22. The zero-order valence-electron chi connectivity index (χ0n) is 9.74. The fraction of sp³-hybridized carbons (Fsp3) is 0.800. The van der Waals surface area contributed by atoms with Crippen LogP contribution in [-0.4, -0.2) is 63.3 Å². The molecule has 0 bridgehead atoms. The number of hydrogen-bond donors (Lipinski definition) is 6. The zero-order chi connectivity index (χ0) is 13.7. The Morgan fingerprint density at radius 1 is 1.00 bits per heavy atom. The second-order valence-corrected chi connectivity index (χ2v) is 4.28. The van der Waals surface area contributed by atoms with Gasteiger partial charge in [-0.2, -0.15) is 0 Å². The summed E-state index contributed by atoms with van der Waals surface area (Å²) >= 11 is 0. The lowest BCUT2D eigenvalue weighted by Gasteiger charge is -2.06. The van der Waals surface area contributed by atoms with Crippen LogP contribution in [0.3, 0.4) is 0 Å². The van der Waals surface area contributed by atoms with Crippen LogP contribution in [-0.2, 0) is 9.59 Å². The van der Waals surface area contributed by atoms with Gasteiger partial charge in [-0.05, 0) is 25.8 Å². The van der Waals surface area contributed by atoms with Gasteiger partial charge in [0.15, 0.2) is 0 Å². The minimum absolute atomic E-state index is 0.524. The van der Waals surface area contributed by atoms with Crippen LogP contribution in [0, 0.1) is 0 Å². The van der Waals surface area contributed by atoms with Crippen molar-refractivity contribution < 1.29 is 30.0 Å². The predicted molar refractivity (Wildman–Crippen MR) is 59.9 cm³/mol. The molecule has 8 nitrogen and oxygen atoms in total. The SMILES string of the molecule is O=C(O)[C@@H]1CC[C@@H](O)N1.O=C(O)[C@H]1NCC[C@H]1O. The van der Waals surface area contributed by atoms with Crippen molar-refractivity contribution in [2.45, 2.75) is 43.7 Å². The third-order valence-corrected chi connectivity index (χ3v) is 2.88. The van der Waals surface area contributed by atoms with E-state index in [0.29, 0.717) is 25.8 Å². The quantitative estimate of drug-likeness (QED) is 0.334. The van der Waals surface area contributed by atoms with E-state index < -0.39 is 36.4 Å². The Kier molecular flexibility index (Phi) is 5.48. The van der Waals surface area contributed by atoms with E-state index in [1.165, 1.54) is 0 Å². The molecule has 2 rings (SSSR count). The molecule has 18 heavy (non-hydrogen) atoms. The largest absolute Gasteiger partial charge is 0.480 e. The lowest BCUT2D eigenvalue weighted by Crippen LogP contribution is -2.38. The van der Waals surface area contributed by atoms with Crippen molar-refractivity contribution in [3.05, 3.63) is 0 Å². The first kappa shape index (κ1) is 14.8. The van der Waals surface area contributed by atoms with Crippen LogP contribution in [0.25, 0.3) is 0 Å². The highest BCUT2D eigenvalue weighted by atomic mass is 16.4. The van der Waals surface area contributed by atoms with E-state index in [4.69, 9.17) is 20.4 Å². The van der Waals surface area contributed by atoms with E-state index in [0.717, 1.165) is 0 Å². The van der Waals surface area contributed by atoms with Crippen molar-refractivity contribution >= 4 is 11.9 Å². The van der Waals surface area contributed by atoms with Crippen LogP contribution in [0.1, 0.15) is 19.3 Å². The number of rotatable bonds is 2. The van der Waals surface area contributed by atoms with E-state index in [1.54, 1.807) is 0 Å². The number of aliphatic hydroxyl groups is 2. The van der Waals surface area contributed by atoms with Crippen LogP contribution in [0.15, 0.2) is 0 Å². The Bertz CT molecular complexity index is 311. The monoisotopic (exact) mass is 262 g/mol. The molecule has 0 aliphatic carbocycles. The summed E-state index contributed by atoms with van der Waals surface area (Å²) in [5.41, 5.74) is 0. The van der Waals surface area contributed by atoms with Crippen LogP contribution in [0.5, 0.6) is 0 Å². The van der Waals surface area contributed by atoms with Gasteiger partial charge in [0.05, 0.1) is 6.10 Å². The predicted octanol–water partition coefficient (Wildman–Crippen LogP) is -2.06. The van der Waals surface area contributed by atoms with Gasteiger partial charge in [0, 0.05) is 0 Å². The number of aliphatic hydroxyl groups excluding tert-OH is 2. The van der Waals surface area contributed by atoms with E-state index >= 15 is 0 Å². The normalized spacial score (nSPS) is 34.8. The summed E-state index contributed by atoms with van der Waals surface area (Å²) in [6, 6.07) is -1.29. The van der Waals surface area contributed by atoms with Gasteiger partial charge in [-0.25, -0.2) is 0 Å². The fourth-order valence-electron chi connectivity index (χ4n) is 1.86. The van der Waals surface area contributed by atoms with Crippen LogP contribution in [0.2, 0.25) is 0 Å². The number of carbonyl (C=O) groups is 2. The smallest absolute Gasteiger partial charge is 0.323 e. The van der Waals surface area contributed by atoms with Gasteiger partial charge in [0.2, 0.25) is 0 Å². The van der Waals surface area contributed by atoms with Gasteiger partial charge in [-0.3, -0.25) is 14.9 Å². The minimum Gasteiger partial charge on any atom is -0.480 e. The molecule has 0 spiro atoms. The molecule has 0 aromatic rings. The Hall–Kier alpha value is -1.22. The third-order valence-electron chi connectivity index (χ3n) is 2.88. The van der Waals surface area contributed by atoms with E-state index in [2.05, 4.69) is 10.6 Å². The molecule has 0 radical (unpaired) electrons. The molecular formula is C10H18N2O6. The second-order valence-electron chi connectivity index (χ2n) is 4.28. The lowest BCUT2D eigenvalue weighted by molar-refractivity contribution is -0.141. The highest BCUT2D eigenvalue weighted by Gasteiger charge is 2.30. The molecule has 0 amide bonds. The first-order valence-corrected chi connectivity index (χ1v) is 5.73. The molecule has 0 aromatic heterocycles.